The van der Waals surface area contributed by atoms with Gasteiger partial charge in [-0.05, 0) is 48.7 Å². The fraction of sp³-hybridized carbons (Fsp3) is 0.480. The number of carbonyl (C=O) groups excluding carboxylic acids is 1. The molecule has 0 unspecified atom stereocenters. The molecule has 3 fully saturated rings. The Morgan fingerprint density at radius 1 is 1.00 bits per heavy atom. The number of benzene rings is 1. The Morgan fingerprint density at radius 2 is 1.69 bits per heavy atom. The number of nitrogens with zero attached hydrogens (tertiary/aromatic N) is 2. The van der Waals surface area contributed by atoms with Crippen LogP contribution in [0.25, 0.3) is 6.08 Å². The highest BCUT2D eigenvalue weighted by atomic mass is 16.5. The number of furan rings is 1. The van der Waals surface area contributed by atoms with Gasteiger partial charge >= 0.3 is 0 Å². The van der Waals surface area contributed by atoms with Crippen molar-refractivity contribution in [3.8, 4) is 0 Å². The summed E-state index contributed by atoms with van der Waals surface area (Å²) in [5.74, 6) is 2.79. The highest BCUT2D eigenvalue weighted by Gasteiger charge is 2.36. The molecule has 0 spiro atoms. The van der Waals surface area contributed by atoms with Crippen molar-refractivity contribution in [2.75, 3.05) is 67.7 Å². The number of anilines is 3. The van der Waals surface area contributed by atoms with Crippen molar-refractivity contribution >= 4 is 29.0 Å². The molecule has 2 saturated heterocycles. The summed E-state index contributed by atoms with van der Waals surface area (Å²) in [7, 11) is 0. The zero-order valence-electron chi connectivity index (χ0n) is 18.6. The largest absolute Gasteiger partial charge is 0.461 e. The van der Waals surface area contributed by atoms with Crippen LogP contribution in [0, 0.1) is 5.92 Å². The quantitative estimate of drug-likeness (QED) is 0.695. The molecule has 2 aliphatic heterocycles. The van der Waals surface area contributed by atoms with Crippen LogP contribution in [-0.2, 0) is 14.3 Å². The maximum absolute atomic E-state index is 12.7. The number of ether oxygens (including phenoxy) is 2. The number of hydrogen-bond donors (Lipinski definition) is 1. The second-order valence-corrected chi connectivity index (χ2v) is 8.78. The van der Waals surface area contributed by atoms with Crippen molar-refractivity contribution in [3.05, 3.63) is 47.9 Å². The molecule has 170 valence electrons. The molecule has 32 heavy (non-hydrogen) atoms. The zero-order chi connectivity index (χ0) is 21.9. The topological polar surface area (TPSA) is 67.2 Å². The van der Waals surface area contributed by atoms with E-state index in [1.54, 1.807) is 6.08 Å². The molecule has 2 aromatic rings. The summed E-state index contributed by atoms with van der Waals surface area (Å²) in [5.41, 5.74) is 2.99. The Balaban J connectivity index is 1.30. The van der Waals surface area contributed by atoms with Gasteiger partial charge in [-0.3, -0.25) is 4.79 Å². The molecule has 1 aromatic heterocycles. The average Bonchev–Trinajstić information content (AvgIpc) is 3.38. The van der Waals surface area contributed by atoms with Gasteiger partial charge in [-0.25, -0.2) is 0 Å². The van der Waals surface area contributed by atoms with Crippen LogP contribution in [0.4, 0.5) is 17.1 Å². The summed E-state index contributed by atoms with van der Waals surface area (Å²) in [6, 6.07) is 10.2. The van der Waals surface area contributed by atoms with Crippen molar-refractivity contribution in [3.63, 3.8) is 0 Å². The first-order chi connectivity index (χ1) is 15.7. The van der Waals surface area contributed by atoms with Gasteiger partial charge in [0.15, 0.2) is 0 Å². The summed E-state index contributed by atoms with van der Waals surface area (Å²) >= 11 is 0. The van der Waals surface area contributed by atoms with Crippen LogP contribution < -0.4 is 15.1 Å². The van der Waals surface area contributed by atoms with Gasteiger partial charge in [-0.2, -0.15) is 0 Å². The van der Waals surface area contributed by atoms with Crippen LogP contribution in [-0.4, -0.2) is 58.5 Å². The number of nitrogens with one attached hydrogen (secondary N) is 1. The lowest BCUT2D eigenvalue weighted by Gasteiger charge is -2.33. The third-order valence-electron chi connectivity index (χ3n) is 6.49. The Hall–Kier alpha value is -2.77. The highest BCUT2D eigenvalue weighted by Crippen LogP contribution is 2.47. The Bertz CT molecular complexity index is 973. The summed E-state index contributed by atoms with van der Waals surface area (Å²) in [6.07, 6.45) is 4.46. The van der Waals surface area contributed by atoms with E-state index in [0.29, 0.717) is 30.8 Å². The van der Waals surface area contributed by atoms with Crippen LogP contribution in [0.2, 0.25) is 0 Å². The number of hydrogen-bond acceptors (Lipinski definition) is 6. The number of amides is 1. The van der Waals surface area contributed by atoms with Gasteiger partial charge in [0.2, 0.25) is 5.91 Å². The number of morpholine rings is 2. The lowest BCUT2D eigenvalue weighted by atomic mass is 10.1. The molecule has 1 amide bonds. The van der Waals surface area contributed by atoms with Crippen molar-refractivity contribution in [1.82, 2.24) is 0 Å². The standard InChI is InChI=1S/C25H31N3O4/c1-18-16-21(18)24-6-3-20(32-24)4-7-25(29)26-22-5-2-19(27-8-12-30-13-9-27)17-23(22)28-10-14-31-15-11-28/h2-7,17-18,21H,8-16H2,1H3,(H,26,29)/b7-4+/t18-,21-/m1/s1. The average molecular weight is 438 g/mol. The third-order valence-corrected chi connectivity index (χ3v) is 6.49. The maximum atomic E-state index is 12.7. The molecule has 1 N–H and O–H groups in total. The fourth-order valence-electron chi connectivity index (χ4n) is 4.42. The second-order valence-electron chi connectivity index (χ2n) is 8.78. The molecule has 5 rings (SSSR count). The number of carbonyl (C=O) groups is 1. The molecule has 1 aromatic carbocycles. The van der Waals surface area contributed by atoms with Gasteiger partial charge in [0.25, 0.3) is 0 Å². The van der Waals surface area contributed by atoms with Crippen LogP contribution in [0.15, 0.2) is 40.8 Å². The third kappa shape index (κ3) is 4.84. The van der Waals surface area contributed by atoms with E-state index in [9.17, 15) is 4.79 Å². The summed E-state index contributed by atoms with van der Waals surface area (Å²) in [6.45, 7) is 8.45. The molecule has 0 radical (unpaired) electrons. The van der Waals surface area contributed by atoms with E-state index >= 15 is 0 Å². The van der Waals surface area contributed by atoms with E-state index in [2.05, 4.69) is 34.2 Å². The Kier molecular flexibility index (Phi) is 6.19. The molecular weight excluding hydrogens is 406 g/mol. The first-order valence-electron chi connectivity index (χ1n) is 11.6. The summed E-state index contributed by atoms with van der Waals surface area (Å²) in [5, 5.41) is 3.06. The lowest BCUT2D eigenvalue weighted by molar-refractivity contribution is -0.111. The minimum Gasteiger partial charge on any atom is -0.461 e. The predicted molar refractivity (Wildman–Crippen MR) is 125 cm³/mol. The highest BCUT2D eigenvalue weighted by molar-refractivity contribution is 6.04. The minimum absolute atomic E-state index is 0.170. The lowest BCUT2D eigenvalue weighted by Crippen LogP contribution is -2.38. The second kappa shape index (κ2) is 9.38. The van der Waals surface area contributed by atoms with E-state index in [1.165, 1.54) is 12.5 Å². The van der Waals surface area contributed by atoms with Crippen molar-refractivity contribution in [2.45, 2.75) is 19.3 Å². The fourth-order valence-corrected chi connectivity index (χ4v) is 4.42. The van der Waals surface area contributed by atoms with E-state index in [4.69, 9.17) is 13.9 Å². The molecule has 0 bridgehead atoms. The van der Waals surface area contributed by atoms with Gasteiger partial charge in [-0.1, -0.05) is 6.92 Å². The Morgan fingerprint density at radius 3 is 2.38 bits per heavy atom. The van der Waals surface area contributed by atoms with E-state index in [-0.39, 0.29) is 5.91 Å². The summed E-state index contributed by atoms with van der Waals surface area (Å²) < 4.78 is 16.9. The van der Waals surface area contributed by atoms with Gasteiger partial charge in [0.1, 0.15) is 11.5 Å². The van der Waals surface area contributed by atoms with Crippen molar-refractivity contribution in [1.29, 1.82) is 0 Å². The van der Waals surface area contributed by atoms with Crippen LogP contribution in [0.3, 0.4) is 0 Å². The zero-order valence-corrected chi connectivity index (χ0v) is 18.6. The van der Waals surface area contributed by atoms with Crippen molar-refractivity contribution in [2.24, 2.45) is 5.92 Å². The van der Waals surface area contributed by atoms with E-state index in [0.717, 1.165) is 62.2 Å². The van der Waals surface area contributed by atoms with Gasteiger partial charge in [0, 0.05) is 43.9 Å². The Labute approximate surface area is 189 Å². The smallest absolute Gasteiger partial charge is 0.248 e. The first kappa shape index (κ1) is 21.1. The van der Waals surface area contributed by atoms with Gasteiger partial charge < -0.3 is 29.0 Å². The van der Waals surface area contributed by atoms with Crippen LogP contribution in [0.5, 0.6) is 0 Å². The monoisotopic (exact) mass is 437 g/mol. The van der Waals surface area contributed by atoms with Gasteiger partial charge in [0.05, 0.1) is 37.8 Å². The normalized spacial score (nSPS) is 23.5. The molecule has 1 saturated carbocycles. The molecule has 7 nitrogen and oxygen atoms in total. The van der Waals surface area contributed by atoms with E-state index < -0.39 is 0 Å². The van der Waals surface area contributed by atoms with Crippen LogP contribution >= 0.6 is 0 Å². The first-order valence-corrected chi connectivity index (χ1v) is 11.6. The van der Waals surface area contributed by atoms with E-state index in [1.807, 2.05) is 18.2 Å². The molecule has 1 aliphatic carbocycles. The molecule has 3 aliphatic rings. The van der Waals surface area contributed by atoms with Crippen molar-refractivity contribution < 1.29 is 18.7 Å². The SMILES string of the molecule is C[C@@H]1C[C@H]1c1ccc(/C=C/C(=O)Nc2ccc(N3CCOCC3)cc2N2CCOCC2)o1. The summed E-state index contributed by atoms with van der Waals surface area (Å²) in [4.78, 5) is 17.3. The molecular formula is C25H31N3O4. The molecule has 3 heterocycles. The maximum Gasteiger partial charge on any atom is 0.248 e. The van der Waals surface area contributed by atoms with Crippen LogP contribution in [0.1, 0.15) is 30.8 Å². The minimum atomic E-state index is -0.170. The molecule has 7 heteroatoms. The predicted octanol–water partition coefficient (Wildman–Crippen LogP) is 3.73. The van der Waals surface area contributed by atoms with Gasteiger partial charge in [-0.15, -0.1) is 0 Å². The molecule has 2 atom stereocenters. The number of rotatable bonds is 6.